The van der Waals surface area contributed by atoms with E-state index in [4.69, 9.17) is 19.9 Å². The highest BCUT2D eigenvalue weighted by Gasteiger charge is 2.36. The second kappa shape index (κ2) is 10.7. The van der Waals surface area contributed by atoms with Gasteiger partial charge in [0, 0.05) is 0 Å². The Balaban J connectivity index is 2.04. The van der Waals surface area contributed by atoms with Crippen molar-refractivity contribution in [2.24, 2.45) is 5.73 Å². The Hall–Kier alpha value is -4.69. The van der Waals surface area contributed by atoms with Gasteiger partial charge in [-0.3, -0.25) is 9.36 Å². The number of methoxy groups -OCH3 is 1. The van der Waals surface area contributed by atoms with Crippen molar-refractivity contribution in [3.05, 3.63) is 72.6 Å². The van der Waals surface area contributed by atoms with Gasteiger partial charge < -0.3 is 30.2 Å². The minimum Gasteiger partial charge on any atom is -0.504 e. The van der Waals surface area contributed by atoms with E-state index in [1.54, 1.807) is 38.1 Å². The molecule has 10 nitrogen and oxygen atoms in total. The lowest BCUT2D eigenvalue weighted by Gasteiger charge is -2.24. The molecule has 3 aromatic rings. The largest absolute Gasteiger partial charge is 0.504 e. The number of nitrogens with two attached hydrogens (primary N) is 1. The number of nitrogens with zero attached hydrogens (tertiary/aromatic N) is 2. The molecule has 1 aliphatic heterocycles. The maximum Gasteiger partial charge on any atom is 0.337 e. The molecule has 0 unspecified atom stereocenters. The second-order valence-corrected chi connectivity index (χ2v) is 9.16. The molecule has 0 radical (unpaired) electrons. The van der Waals surface area contributed by atoms with E-state index in [-0.39, 0.29) is 55.8 Å². The Morgan fingerprint density at radius 1 is 1.13 bits per heavy atom. The number of thiazole rings is 1. The fourth-order valence-corrected chi connectivity index (χ4v) is 5.38. The highest BCUT2D eigenvalue weighted by Crippen LogP contribution is 2.40. The molecule has 2 aromatic carbocycles. The zero-order valence-electron chi connectivity index (χ0n) is 20.8. The summed E-state index contributed by atoms with van der Waals surface area (Å²) in [6.07, 6.45) is 1.58. The summed E-state index contributed by atoms with van der Waals surface area (Å²) < 4.78 is 17.5. The molecular formula is C27H25N3O7S. The van der Waals surface area contributed by atoms with Crippen LogP contribution in [0.1, 0.15) is 30.9 Å². The number of hydrogen-bond acceptors (Lipinski definition) is 10. The summed E-state index contributed by atoms with van der Waals surface area (Å²) in [6.45, 7) is 4.16. The smallest absolute Gasteiger partial charge is 0.337 e. The number of rotatable bonds is 7. The molecule has 11 heteroatoms. The van der Waals surface area contributed by atoms with Crippen LogP contribution in [0.4, 0.5) is 0 Å². The van der Waals surface area contributed by atoms with E-state index in [0.717, 1.165) is 15.9 Å². The summed E-state index contributed by atoms with van der Waals surface area (Å²) in [7, 11) is 1.21. The van der Waals surface area contributed by atoms with Crippen molar-refractivity contribution in [3.63, 3.8) is 0 Å². The third-order valence-corrected chi connectivity index (χ3v) is 6.98. The van der Waals surface area contributed by atoms with Crippen LogP contribution in [0.3, 0.4) is 0 Å². The molecule has 4 rings (SSSR count). The summed E-state index contributed by atoms with van der Waals surface area (Å²) in [5.41, 5.74) is 6.88. The van der Waals surface area contributed by atoms with E-state index in [1.165, 1.54) is 25.3 Å². The fraction of sp³-hybridized carbons (Fsp3) is 0.222. The van der Waals surface area contributed by atoms with Crippen LogP contribution in [0.5, 0.6) is 23.0 Å². The van der Waals surface area contributed by atoms with Crippen LogP contribution >= 0.6 is 11.3 Å². The predicted octanol–water partition coefficient (Wildman–Crippen LogP) is 1.72. The van der Waals surface area contributed by atoms with Crippen LogP contribution in [0, 0.1) is 11.3 Å². The first kappa shape index (κ1) is 26.4. The highest BCUT2D eigenvalue weighted by molar-refractivity contribution is 7.07. The number of benzene rings is 2. The molecule has 0 saturated carbocycles. The van der Waals surface area contributed by atoms with Crippen molar-refractivity contribution in [2.45, 2.75) is 19.8 Å². The van der Waals surface area contributed by atoms with Crippen molar-refractivity contribution >= 4 is 34.8 Å². The fourth-order valence-electron chi connectivity index (χ4n) is 4.21. The van der Waals surface area contributed by atoms with Crippen LogP contribution in [0.25, 0.3) is 17.5 Å². The summed E-state index contributed by atoms with van der Waals surface area (Å²) in [5.74, 6) is -1.55. The number of nitriles is 1. The molecule has 0 amide bonds. The van der Waals surface area contributed by atoms with Gasteiger partial charge in [0.1, 0.15) is 10.5 Å². The minimum absolute atomic E-state index is 0.0271. The molecule has 1 aliphatic rings. The third-order valence-electron chi connectivity index (χ3n) is 5.87. The lowest BCUT2D eigenvalue weighted by molar-refractivity contribution is -0.134. The van der Waals surface area contributed by atoms with Gasteiger partial charge in [-0.25, -0.2) is 4.79 Å². The topological polar surface area (TPSA) is 157 Å². The third kappa shape index (κ3) is 4.57. The van der Waals surface area contributed by atoms with E-state index >= 15 is 0 Å². The Morgan fingerprint density at radius 3 is 2.37 bits per heavy atom. The van der Waals surface area contributed by atoms with Crippen LogP contribution in [-0.2, 0) is 9.53 Å². The summed E-state index contributed by atoms with van der Waals surface area (Å²) in [5, 5.41) is 30.2. The van der Waals surface area contributed by atoms with Crippen molar-refractivity contribution in [1.82, 2.24) is 4.57 Å². The van der Waals surface area contributed by atoms with Crippen molar-refractivity contribution in [1.29, 1.82) is 5.26 Å². The van der Waals surface area contributed by atoms with Gasteiger partial charge in [-0.05, 0) is 55.3 Å². The zero-order valence-corrected chi connectivity index (χ0v) is 21.7. The van der Waals surface area contributed by atoms with Crippen molar-refractivity contribution < 1.29 is 29.2 Å². The van der Waals surface area contributed by atoms with Gasteiger partial charge in [-0.2, -0.15) is 5.26 Å². The van der Waals surface area contributed by atoms with Gasteiger partial charge in [-0.1, -0.05) is 12.1 Å². The van der Waals surface area contributed by atoms with E-state index in [1.807, 2.05) is 6.07 Å². The molecule has 4 N–H and O–H groups in total. The number of carbonyl (C=O) groups is 1. The number of ether oxygens (including phenoxy) is 3. The first-order valence-electron chi connectivity index (χ1n) is 11.6. The molecule has 1 atom stereocenters. The number of carbonyl (C=O) groups excluding carboxylic acids is 1. The average Bonchev–Trinajstić information content (AvgIpc) is 3.22. The van der Waals surface area contributed by atoms with Gasteiger partial charge >= 0.3 is 5.97 Å². The lowest BCUT2D eigenvalue weighted by Crippen LogP contribution is -2.40. The van der Waals surface area contributed by atoms with E-state index in [0.29, 0.717) is 17.7 Å². The second-order valence-electron chi connectivity index (χ2n) is 8.13. The molecule has 0 fully saturated rings. The number of phenols is 2. The van der Waals surface area contributed by atoms with Crippen LogP contribution < -0.4 is 30.0 Å². The van der Waals surface area contributed by atoms with Crippen LogP contribution in [0.2, 0.25) is 0 Å². The predicted molar refractivity (Wildman–Crippen MR) is 141 cm³/mol. The average molecular weight is 536 g/mol. The maximum atomic E-state index is 13.5. The number of allylic oxidation sites excluding steroid dienone is 1. The molecular weight excluding hydrogens is 510 g/mol. The van der Waals surface area contributed by atoms with Gasteiger partial charge in [-0.15, -0.1) is 11.3 Å². The molecule has 2 heterocycles. The van der Waals surface area contributed by atoms with Gasteiger partial charge in [0.25, 0.3) is 5.56 Å². The standard InChI is InChI=1S/C27H25N3O7S/c1-4-36-19-10-14(6-8-17(19)31)11-21-25(33)30-24(29)16(13-28)22(23(26(30)38-21)27(34)35-3)15-7-9-18(32)20(12-15)37-5-2/h6-12,22,31-32H,4-5,29H2,1-3H3/b21-11-/t22-/m1/s1. The normalized spacial score (nSPS) is 15.2. The summed E-state index contributed by atoms with van der Waals surface area (Å²) in [4.78, 5) is 26.6. The quantitative estimate of drug-likeness (QED) is 0.383. The number of hydrogen-bond donors (Lipinski definition) is 3. The Morgan fingerprint density at radius 2 is 1.76 bits per heavy atom. The first-order valence-corrected chi connectivity index (χ1v) is 12.4. The van der Waals surface area contributed by atoms with Gasteiger partial charge in [0.15, 0.2) is 23.0 Å². The molecule has 0 saturated heterocycles. The van der Waals surface area contributed by atoms with E-state index in [2.05, 4.69) is 0 Å². The summed E-state index contributed by atoms with van der Waals surface area (Å²) in [6, 6.07) is 11.2. The molecule has 38 heavy (non-hydrogen) atoms. The van der Waals surface area contributed by atoms with Gasteiger partial charge in [0.05, 0.1) is 48.0 Å². The van der Waals surface area contributed by atoms with Crippen LogP contribution in [0.15, 0.2) is 46.8 Å². The van der Waals surface area contributed by atoms with Crippen molar-refractivity contribution in [2.75, 3.05) is 20.3 Å². The molecule has 0 bridgehead atoms. The highest BCUT2D eigenvalue weighted by atomic mass is 32.1. The number of aromatic hydroxyl groups is 2. The Bertz CT molecular complexity index is 1680. The maximum absolute atomic E-state index is 13.5. The Kier molecular flexibility index (Phi) is 7.45. The SMILES string of the molecule is CCOc1cc(/C=c2\sc3n(c2=O)C(N)=C(C#N)[C@@H](c2ccc(O)c(OCC)c2)C=3C(=O)OC)ccc1O. The monoisotopic (exact) mass is 535 g/mol. The number of esters is 1. The molecule has 0 spiro atoms. The molecule has 0 aliphatic carbocycles. The van der Waals surface area contributed by atoms with E-state index < -0.39 is 17.4 Å². The number of fused-ring (bicyclic) bond motifs is 1. The van der Waals surface area contributed by atoms with Crippen molar-refractivity contribution in [3.8, 4) is 29.1 Å². The Labute approximate surface area is 221 Å². The number of phenolic OH excluding ortho intramolecular Hbond substituents is 2. The van der Waals surface area contributed by atoms with Gasteiger partial charge in [0.2, 0.25) is 0 Å². The first-order chi connectivity index (χ1) is 18.2. The van der Waals surface area contributed by atoms with Crippen LogP contribution in [-0.4, -0.2) is 41.1 Å². The number of aromatic nitrogens is 1. The van der Waals surface area contributed by atoms with E-state index in [9.17, 15) is 25.1 Å². The zero-order chi connectivity index (χ0) is 27.6. The molecule has 1 aromatic heterocycles. The minimum atomic E-state index is -0.976. The lowest BCUT2D eigenvalue weighted by atomic mass is 9.83. The summed E-state index contributed by atoms with van der Waals surface area (Å²) >= 11 is 1.01. The molecule has 196 valence electrons.